The van der Waals surface area contributed by atoms with Crippen LogP contribution in [0.25, 0.3) is 0 Å². The third kappa shape index (κ3) is 5.14. The summed E-state index contributed by atoms with van der Waals surface area (Å²) < 4.78 is 25.5. The molecule has 7 heteroatoms. The molecule has 0 aromatic carbocycles. The van der Waals surface area contributed by atoms with Crippen LogP contribution in [0.4, 0.5) is 0 Å². The average molecular weight is 316 g/mol. The molecule has 2 unspecified atom stereocenters. The van der Waals surface area contributed by atoms with Crippen LogP contribution in [0.5, 0.6) is 0 Å². The van der Waals surface area contributed by atoms with Gasteiger partial charge in [-0.1, -0.05) is 13.3 Å². The second kappa shape index (κ2) is 6.96. The minimum atomic E-state index is -3.15. The van der Waals surface area contributed by atoms with Crippen molar-refractivity contribution < 1.29 is 8.42 Å². The molecule has 0 aromatic rings. The van der Waals surface area contributed by atoms with Crippen molar-refractivity contribution in [3.05, 3.63) is 0 Å². The van der Waals surface area contributed by atoms with E-state index in [0.29, 0.717) is 12.5 Å². The number of nitrogens with one attached hydrogen (secondary N) is 1. The summed E-state index contributed by atoms with van der Waals surface area (Å²) in [6.07, 6.45) is 6.51. The molecule has 2 aliphatic rings. The molecular weight excluding hydrogens is 288 g/mol. The van der Waals surface area contributed by atoms with E-state index in [2.05, 4.69) is 21.5 Å². The maximum absolute atomic E-state index is 11.4. The van der Waals surface area contributed by atoms with Crippen molar-refractivity contribution in [1.29, 1.82) is 0 Å². The van der Waals surface area contributed by atoms with E-state index >= 15 is 0 Å². The van der Waals surface area contributed by atoms with Crippen LogP contribution in [-0.4, -0.2) is 51.2 Å². The lowest BCUT2D eigenvalue weighted by atomic mass is 10.00. The minimum absolute atomic E-state index is 0.0120. The number of aliphatic imine (C=N–C) groups is 1. The molecule has 0 amide bonds. The van der Waals surface area contributed by atoms with E-state index in [4.69, 9.17) is 5.73 Å². The first kappa shape index (κ1) is 16.5. The first-order valence-electron chi connectivity index (χ1n) is 7.87. The van der Waals surface area contributed by atoms with Crippen molar-refractivity contribution in [3.63, 3.8) is 0 Å². The molecule has 1 aliphatic carbocycles. The number of piperidine rings is 1. The minimum Gasteiger partial charge on any atom is -0.370 e. The molecule has 1 aliphatic heterocycles. The summed E-state index contributed by atoms with van der Waals surface area (Å²) in [4.78, 5) is 6.67. The molecule has 0 radical (unpaired) electrons. The normalized spacial score (nSPS) is 29.0. The van der Waals surface area contributed by atoms with Gasteiger partial charge < -0.3 is 10.6 Å². The standard InChI is InChI=1S/C14H28N4O2S/c1-11-6-8-18(9-7-11)14(15)16-10-12-4-3-5-13(12)17-21(2,19)20/h11-13,17H,3-10H2,1-2H3,(H2,15,16). The molecule has 0 bridgehead atoms. The molecule has 0 aromatic heterocycles. The van der Waals surface area contributed by atoms with Gasteiger partial charge in [0.1, 0.15) is 0 Å². The average Bonchev–Trinajstić information content (AvgIpc) is 2.82. The molecule has 2 atom stereocenters. The molecule has 2 fully saturated rings. The van der Waals surface area contributed by atoms with Crippen LogP contribution in [0.15, 0.2) is 4.99 Å². The van der Waals surface area contributed by atoms with E-state index in [1.54, 1.807) is 0 Å². The number of sulfonamides is 1. The zero-order valence-electron chi connectivity index (χ0n) is 13.1. The fourth-order valence-corrected chi connectivity index (χ4v) is 4.09. The van der Waals surface area contributed by atoms with Gasteiger partial charge in [0, 0.05) is 25.7 Å². The Morgan fingerprint density at radius 3 is 2.57 bits per heavy atom. The van der Waals surface area contributed by atoms with Crippen molar-refractivity contribution in [3.8, 4) is 0 Å². The highest BCUT2D eigenvalue weighted by Crippen LogP contribution is 2.26. The third-order valence-corrected chi connectivity index (χ3v) is 5.35. The summed E-state index contributed by atoms with van der Waals surface area (Å²) in [5, 5.41) is 0. The van der Waals surface area contributed by atoms with Gasteiger partial charge in [0.2, 0.25) is 10.0 Å². The highest BCUT2D eigenvalue weighted by Gasteiger charge is 2.29. The topological polar surface area (TPSA) is 87.8 Å². The first-order chi connectivity index (χ1) is 9.85. The van der Waals surface area contributed by atoms with Gasteiger partial charge in [-0.15, -0.1) is 0 Å². The molecule has 6 nitrogen and oxygen atoms in total. The number of hydrogen-bond acceptors (Lipinski definition) is 3. The van der Waals surface area contributed by atoms with Crippen LogP contribution in [0.2, 0.25) is 0 Å². The molecule has 0 spiro atoms. The molecular formula is C14H28N4O2S. The molecule has 21 heavy (non-hydrogen) atoms. The summed E-state index contributed by atoms with van der Waals surface area (Å²) in [7, 11) is -3.15. The summed E-state index contributed by atoms with van der Waals surface area (Å²) in [5.41, 5.74) is 6.08. The zero-order valence-corrected chi connectivity index (χ0v) is 13.9. The third-order valence-electron chi connectivity index (χ3n) is 4.62. The Morgan fingerprint density at radius 1 is 1.29 bits per heavy atom. The lowest BCUT2D eigenvalue weighted by molar-refractivity contribution is 0.277. The number of guanidine groups is 1. The van der Waals surface area contributed by atoms with E-state index in [9.17, 15) is 8.42 Å². The van der Waals surface area contributed by atoms with Gasteiger partial charge in [0.25, 0.3) is 0 Å². The molecule has 1 heterocycles. The van der Waals surface area contributed by atoms with Gasteiger partial charge in [-0.25, -0.2) is 13.1 Å². The predicted molar refractivity (Wildman–Crippen MR) is 85.6 cm³/mol. The van der Waals surface area contributed by atoms with Gasteiger partial charge >= 0.3 is 0 Å². The van der Waals surface area contributed by atoms with Gasteiger partial charge in [0.05, 0.1) is 6.26 Å². The zero-order chi connectivity index (χ0) is 15.5. The van der Waals surface area contributed by atoms with Crippen molar-refractivity contribution >= 4 is 16.0 Å². The Kier molecular flexibility index (Phi) is 5.48. The lowest BCUT2D eigenvalue weighted by Crippen LogP contribution is -2.43. The first-order valence-corrected chi connectivity index (χ1v) is 9.76. The summed E-state index contributed by atoms with van der Waals surface area (Å²) >= 11 is 0. The lowest BCUT2D eigenvalue weighted by Gasteiger charge is -2.31. The molecule has 1 saturated carbocycles. The predicted octanol–water partition coefficient (Wildman–Crippen LogP) is 0.751. The number of nitrogens with zero attached hydrogens (tertiary/aromatic N) is 2. The summed E-state index contributed by atoms with van der Waals surface area (Å²) in [6.45, 7) is 4.84. The van der Waals surface area contributed by atoms with Gasteiger partial charge in [-0.05, 0) is 37.5 Å². The maximum atomic E-state index is 11.4. The molecule has 1 saturated heterocycles. The van der Waals surface area contributed by atoms with E-state index in [-0.39, 0.29) is 12.0 Å². The number of nitrogens with two attached hydrogens (primary N) is 1. The Labute approximate surface area is 128 Å². The van der Waals surface area contributed by atoms with Crippen molar-refractivity contribution in [2.75, 3.05) is 25.9 Å². The van der Waals surface area contributed by atoms with Crippen molar-refractivity contribution in [1.82, 2.24) is 9.62 Å². The number of hydrogen-bond donors (Lipinski definition) is 2. The summed E-state index contributed by atoms with van der Waals surface area (Å²) in [6, 6.07) is 0.0120. The van der Waals surface area contributed by atoms with E-state index in [1.165, 1.54) is 6.26 Å². The monoisotopic (exact) mass is 316 g/mol. The second-order valence-electron chi connectivity index (χ2n) is 6.56. The van der Waals surface area contributed by atoms with Gasteiger partial charge in [-0.2, -0.15) is 0 Å². The second-order valence-corrected chi connectivity index (χ2v) is 8.34. The Morgan fingerprint density at radius 2 is 1.95 bits per heavy atom. The highest BCUT2D eigenvalue weighted by molar-refractivity contribution is 7.88. The van der Waals surface area contributed by atoms with Crippen molar-refractivity contribution in [2.24, 2.45) is 22.6 Å². The fourth-order valence-electron chi connectivity index (χ4n) is 3.23. The van der Waals surface area contributed by atoms with Crippen LogP contribution < -0.4 is 10.5 Å². The summed E-state index contributed by atoms with van der Waals surface area (Å²) in [5.74, 6) is 1.65. The SMILES string of the molecule is CC1CCN(C(N)=NCC2CCCC2NS(C)(=O)=O)CC1. The molecule has 122 valence electrons. The molecule has 2 rings (SSSR count). The van der Waals surface area contributed by atoms with Crippen LogP contribution in [0.1, 0.15) is 39.0 Å². The Balaban J connectivity index is 1.87. The Hall–Kier alpha value is -0.820. The van der Waals surface area contributed by atoms with Gasteiger partial charge in [-0.3, -0.25) is 4.99 Å². The highest BCUT2D eigenvalue weighted by atomic mass is 32.2. The quantitative estimate of drug-likeness (QED) is 0.592. The number of rotatable bonds is 4. The smallest absolute Gasteiger partial charge is 0.208 e. The van der Waals surface area contributed by atoms with Crippen LogP contribution in [-0.2, 0) is 10.0 Å². The fraction of sp³-hybridized carbons (Fsp3) is 0.929. The van der Waals surface area contributed by atoms with E-state index in [1.807, 2.05) is 0 Å². The van der Waals surface area contributed by atoms with Crippen LogP contribution in [0.3, 0.4) is 0 Å². The Bertz CT molecular complexity index is 469. The van der Waals surface area contributed by atoms with Crippen LogP contribution in [0, 0.1) is 11.8 Å². The van der Waals surface area contributed by atoms with E-state index < -0.39 is 10.0 Å². The largest absolute Gasteiger partial charge is 0.370 e. The maximum Gasteiger partial charge on any atom is 0.208 e. The van der Waals surface area contributed by atoms with E-state index in [0.717, 1.165) is 51.1 Å². The van der Waals surface area contributed by atoms with Crippen LogP contribution >= 0.6 is 0 Å². The molecule has 3 N–H and O–H groups in total. The number of likely N-dealkylation sites (tertiary alicyclic amines) is 1. The van der Waals surface area contributed by atoms with Crippen molar-refractivity contribution in [2.45, 2.75) is 45.1 Å². The van der Waals surface area contributed by atoms with Gasteiger partial charge in [0.15, 0.2) is 5.96 Å².